The Hall–Kier alpha value is -3.17. The van der Waals surface area contributed by atoms with E-state index in [1.54, 1.807) is 12.2 Å². The molecule has 0 spiro atoms. The van der Waals surface area contributed by atoms with E-state index in [9.17, 15) is 4.79 Å². The second kappa shape index (κ2) is 8.89. The van der Waals surface area contributed by atoms with Crippen molar-refractivity contribution >= 4 is 46.3 Å². The molecule has 1 amide bonds. The Labute approximate surface area is 175 Å². The molecule has 2 N–H and O–H groups in total. The van der Waals surface area contributed by atoms with Gasteiger partial charge in [0.05, 0.1) is 11.4 Å². The number of anilines is 1. The molecule has 0 fully saturated rings. The lowest BCUT2D eigenvalue weighted by atomic mass is 10.2. The molecule has 4 rings (SSSR count). The summed E-state index contributed by atoms with van der Waals surface area (Å²) < 4.78 is 5.47. The Balaban J connectivity index is 1.28. The van der Waals surface area contributed by atoms with Crippen molar-refractivity contribution in [2.24, 2.45) is 0 Å². The van der Waals surface area contributed by atoms with Gasteiger partial charge in [0.15, 0.2) is 5.13 Å². The predicted octanol–water partition coefficient (Wildman–Crippen LogP) is 4.73. The summed E-state index contributed by atoms with van der Waals surface area (Å²) in [6.07, 6.45) is 3.58. The van der Waals surface area contributed by atoms with Gasteiger partial charge in [-0.05, 0) is 31.2 Å². The zero-order valence-corrected chi connectivity index (χ0v) is 17.1. The minimum absolute atomic E-state index is 0.156. The van der Waals surface area contributed by atoms with Crippen LogP contribution in [0.1, 0.15) is 17.3 Å². The Bertz CT molecular complexity index is 1130. The van der Waals surface area contributed by atoms with Crippen molar-refractivity contribution in [2.75, 3.05) is 11.1 Å². The van der Waals surface area contributed by atoms with Crippen LogP contribution >= 0.6 is 23.1 Å². The molecule has 29 heavy (non-hydrogen) atoms. The average molecular weight is 424 g/mol. The molecule has 0 saturated carbocycles. The summed E-state index contributed by atoms with van der Waals surface area (Å²) in [5.41, 5.74) is 1.86. The number of carbonyl (C=O) groups excluding carboxylic acids is 1. The van der Waals surface area contributed by atoms with Crippen molar-refractivity contribution in [1.82, 2.24) is 20.2 Å². The van der Waals surface area contributed by atoms with Crippen molar-refractivity contribution in [1.29, 1.82) is 0 Å². The van der Waals surface area contributed by atoms with Crippen LogP contribution in [0.25, 0.3) is 23.4 Å². The van der Waals surface area contributed by atoms with E-state index in [2.05, 4.69) is 25.5 Å². The molecule has 7 nitrogen and oxygen atoms in total. The molecule has 146 valence electrons. The maximum absolute atomic E-state index is 12.2. The molecule has 0 radical (unpaired) electrons. The molecule has 3 aromatic heterocycles. The van der Waals surface area contributed by atoms with Crippen LogP contribution < -0.4 is 5.32 Å². The van der Waals surface area contributed by atoms with Crippen LogP contribution in [0.4, 0.5) is 5.13 Å². The quantitative estimate of drug-likeness (QED) is 0.417. The van der Waals surface area contributed by atoms with Crippen LogP contribution in [0.15, 0.2) is 57.4 Å². The molecular formula is C20H17N5O2S2. The summed E-state index contributed by atoms with van der Waals surface area (Å²) in [5, 5.41) is 12.7. The second-order valence-corrected chi connectivity index (χ2v) is 7.83. The first-order valence-corrected chi connectivity index (χ1v) is 10.6. The number of H-pyrrole nitrogens is 1. The highest BCUT2D eigenvalue weighted by Gasteiger charge is 2.10. The fraction of sp³-hybridized carbons (Fsp3) is 0.100. The topological polar surface area (TPSA) is 96.7 Å². The highest BCUT2D eigenvalue weighted by Crippen LogP contribution is 2.25. The fourth-order valence-electron chi connectivity index (χ4n) is 2.46. The number of furan rings is 1. The van der Waals surface area contributed by atoms with E-state index in [1.165, 1.54) is 23.1 Å². The zero-order chi connectivity index (χ0) is 20.1. The van der Waals surface area contributed by atoms with E-state index >= 15 is 0 Å². The molecule has 0 atom stereocenters. The summed E-state index contributed by atoms with van der Waals surface area (Å²) in [6, 6.07) is 13.6. The number of rotatable bonds is 7. The van der Waals surface area contributed by atoms with Gasteiger partial charge >= 0.3 is 0 Å². The van der Waals surface area contributed by atoms with Gasteiger partial charge in [-0.3, -0.25) is 9.89 Å². The zero-order valence-electron chi connectivity index (χ0n) is 15.5. The number of aromatic amines is 1. The minimum atomic E-state index is -0.156. The molecule has 3 heterocycles. The van der Waals surface area contributed by atoms with Gasteiger partial charge in [0.1, 0.15) is 17.3 Å². The number of benzene rings is 1. The Morgan fingerprint density at radius 1 is 1.21 bits per heavy atom. The number of carbonyl (C=O) groups is 1. The molecule has 0 unspecified atom stereocenters. The Morgan fingerprint density at radius 3 is 2.86 bits per heavy atom. The molecule has 0 saturated heterocycles. The van der Waals surface area contributed by atoms with Crippen LogP contribution in [-0.4, -0.2) is 31.8 Å². The molecule has 0 bridgehead atoms. The SMILES string of the molecule is Cc1ccc(/C=C/c2nc(SCC(=O)Nc3nc(-c4ccccc4)cs3)n[nH]2)o1. The molecule has 0 aliphatic carbocycles. The predicted molar refractivity (Wildman–Crippen MR) is 116 cm³/mol. The third kappa shape index (κ3) is 5.21. The molecule has 9 heteroatoms. The van der Waals surface area contributed by atoms with Gasteiger partial charge in [0.2, 0.25) is 11.1 Å². The smallest absolute Gasteiger partial charge is 0.236 e. The first kappa shape index (κ1) is 19.2. The third-order valence-electron chi connectivity index (χ3n) is 3.80. The number of amides is 1. The van der Waals surface area contributed by atoms with Gasteiger partial charge < -0.3 is 9.73 Å². The first-order valence-electron chi connectivity index (χ1n) is 8.76. The van der Waals surface area contributed by atoms with Gasteiger partial charge in [-0.25, -0.2) is 9.97 Å². The van der Waals surface area contributed by atoms with Gasteiger partial charge in [0, 0.05) is 10.9 Å². The van der Waals surface area contributed by atoms with E-state index in [0.717, 1.165) is 22.8 Å². The number of aryl methyl sites for hydroxylation is 1. The Morgan fingerprint density at radius 2 is 2.07 bits per heavy atom. The lowest BCUT2D eigenvalue weighted by molar-refractivity contribution is -0.113. The van der Waals surface area contributed by atoms with Gasteiger partial charge in [-0.2, -0.15) is 0 Å². The molecule has 4 aromatic rings. The summed E-state index contributed by atoms with van der Waals surface area (Å²) >= 11 is 2.65. The number of thioether (sulfide) groups is 1. The molecule has 1 aromatic carbocycles. The highest BCUT2D eigenvalue weighted by atomic mass is 32.2. The van der Waals surface area contributed by atoms with Crippen LogP contribution in [-0.2, 0) is 4.79 Å². The number of nitrogens with one attached hydrogen (secondary N) is 2. The largest absolute Gasteiger partial charge is 0.462 e. The summed E-state index contributed by atoms with van der Waals surface area (Å²) in [6.45, 7) is 1.89. The Kier molecular flexibility index (Phi) is 5.87. The van der Waals surface area contributed by atoms with E-state index in [4.69, 9.17) is 4.42 Å². The van der Waals surface area contributed by atoms with Gasteiger partial charge in [-0.15, -0.1) is 16.4 Å². The summed E-state index contributed by atoms with van der Waals surface area (Å²) in [7, 11) is 0. The van der Waals surface area contributed by atoms with Crippen LogP contribution in [0, 0.1) is 6.92 Å². The van der Waals surface area contributed by atoms with Crippen molar-refractivity contribution in [3.05, 3.63) is 65.2 Å². The van der Waals surface area contributed by atoms with Crippen molar-refractivity contribution in [2.45, 2.75) is 12.1 Å². The van der Waals surface area contributed by atoms with Crippen LogP contribution in [0.5, 0.6) is 0 Å². The van der Waals surface area contributed by atoms with E-state index in [-0.39, 0.29) is 11.7 Å². The number of hydrogen-bond acceptors (Lipinski definition) is 7. The summed E-state index contributed by atoms with van der Waals surface area (Å²) in [4.78, 5) is 21.0. The highest BCUT2D eigenvalue weighted by molar-refractivity contribution is 7.99. The van der Waals surface area contributed by atoms with Gasteiger partial charge in [0.25, 0.3) is 0 Å². The molecule has 0 aliphatic rings. The summed E-state index contributed by atoms with van der Waals surface area (Å²) in [5.74, 6) is 2.22. The lowest BCUT2D eigenvalue weighted by Crippen LogP contribution is -2.13. The molecule has 0 aliphatic heterocycles. The van der Waals surface area contributed by atoms with Crippen molar-refractivity contribution in [3.63, 3.8) is 0 Å². The maximum atomic E-state index is 12.2. The van der Waals surface area contributed by atoms with Gasteiger partial charge in [-0.1, -0.05) is 42.1 Å². The van der Waals surface area contributed by atoms with E-state index in [1.807, 2.05) is 54.8 Å². The normalized spacial score (nSPS) is 11.2. The average Bonchev–Trinajstić information content (AvgIpc) is 3.47. The minimum Gasteiger partial charge on any atom is -0.462 e. The monoisotopic (exact) mass is 423 g/mol. The van der Waals surface area contributed by atoms with E-state index < -0.39 is 0 Å². The van der Waals surface area contributed by atoms with Crippen LogP contribution in [0.2, 0.25) is 0 Å². The molecular weight excluding hydrogens is 406 g/mol. The number of thiazole rings is 1. The van der Waals surface area contributed by atoms with Crippen molar-refractivity contribution < 1.29 is 9.21 Å². The number of nitrogens with zero attached hydrogens (tertiary/aromatic N) is 3. The lowest BCUT2D eigenvalue weighted by Gasteiger charge is -1.99. The standard InChI is InChI=1S/C20H17N5O2S2/c1-13-7-8-15(27-13)9-10-17-22-20(25-24-17)29-12-18(26)23-19-21-16(11-28-19)14-5-3-2-4-6-14/h2-11H,12H2,1H3,(H,21,23,26)(H,22,24,25)/b10-9+. The fourth-order valence-corrected chi connectivity index (χ4v) is 3.80. The maximum Gasteiger partial charge on any atom is 0.236 e. The second-order valence-electron chi connectivity index (χ2n) is 6.03. The number of aromatic nitrogens is 4. The first-order chi connectivity index (χ1) is 14.2. The van der Waals surface area contributed by atoms with Crippen molar-refractivity contribution in [3.8, 4) is 11.3 Å². The van der Waals surface area contributed by atoms with E-state index in [0.29, 0.717) is 16.1 Å². The van der Waals surface area contributed by atoms with Crippen LogP contribution in [0.3, 0.4) is 0 Å². The number of hydrogen-bond donors (Lipinski definition) is 2. The third-order valence-corrected chi connectivity index (χ3v) is 5.41.